The number of unbranched alkanes of at least 4 members (excludes halogenated alkanes) is 1. The first-order valence-corrected chi connectivity index (χ1v) is 8.64. The molecular weight excluding hydrogens is 234 g/mol. The summed E-state index contributed by atoms with van der Waals surface area (Å²) in [7, 11) is -2.80. The molecule has 1 saturated heterocycles. The average Bonchev–Trinajstić information content (AvgIpc) is 2.24. The Morgan fingerprint density at radius 1 is 1.35 bits per heavy atom. The monoisotopic (exact) mass is 261 g/mol. The van der Waals surface area contributed by atoms with Gasteiger partial charge in [-0.1, -0.05) is 26.7 Å². The molecule has 2 unspecified atom stereocenters. The van der Waals surface area contributed by atoms with Crippen LogP contribution in [0.25, 0.3) is 0 Å². The van der Waals surface area contributed by atoms with Gasteiger partial charge >= 0.3 is 0 Å². The minimum atomic E-state index is -2.80. The number of hydrogen-bond donors (Lipinski definition) is 0. The van der Waals surface area contributed by atoms with Crippen LogP contribution in [0.15, 0.2) is 0 Å². The summed E-state index contributed by atoms with van der Waals surface area (Å²) in [4.78, 5) is 2.42. The van der Waals surface area contributed by atoms with E-state index in [0.717, 1.165) is 6.42 Å². The van der Waals surface area contributed by atoms with E-state index < -0.39 is 9.84 Å². The summed E-state index contributed by atoms with van der Waals surface area (Å²) in [6.45, 7) is 9.47. The third kappa shape index (κ3) is 3.68. The Bertz CT molecular complexity index is 339. The maximum absolute atomic E-state index is 11.6. The van der Waals surface area contributed by atoms with E-state index in [9.17, 15) is 8.42 Å². The first kappa shape index (κ1) is 15.0. The largest absolute Gasteiger partial charge is 0.293 e. The number of hydrogen-bond acceptors (Lipinski definition) is 3. The van der Waals surface area contributed by atoms with Crippen LogP contribution in [0, 0.1) is 0 Å². The lowest BCUT2D eigenvalue weighted by atomic mass is 9.88. The number of nitrogens with zero attached hydrogens (tertiary/aromatic N) is 1. The summed E-state index contributed by atoms with van der Waals surface area (Å²) in [5.74, 6) is 0.660. The van der Waals surface area contributed by atoms with Crippen molar-refractivity contribution in [2.45, 2.75) is 65.0 Å². The molecule has 4 heteroatoms. The van der Waals surface area contributed by atoms with Gasteiger partial charge in [-0.15, -0.1) is 0 Å². The molecule has 2 atom stereocenters. The van der Waals surface area contributed by atoms with E-state index in [0.29, 0.717) is 18.1 Å². The van der Waals surface area contributed by atoms with Crippen LogP contribution in [0.1, 0.15) is 53.4 Å². The van der Waals surface area contributed by atoms with Gasteiger partial charge in [-0.05, 0) is 26.7 Å². The van der Waals surface area contributed by atoms with Crippen molar-refractivity contribution >= 4 is 9.84 Å². The van der Waals surface area contributed by atoms with Crippen molar-refractivity contribution in [3.8, 4) is 0 Å². The molecule has 0 aromatic rings. The summed E-state index contributed by atoms with van der Waals surface area (Å²) in [5, 5.41) is 0. The van der Waals surface area contributed by atoms with Crippen molar-refractivity contribution in [1.29, 1.82) is 0 Å². The third-order valence-electron chi connectivity index (χ3n) is 4.19. The Morgan fingerprint density at radius 2 is 2.00 bits per heavy atom. The molecule has 3 nitrogen and oxygen atoms in total. The van der Waals surface area contributed by atoms with E-state index in [1.807, 2.05) is 0 Å². The van der Waals surface area contributed by atoms with Crippen LogP contribution in [-0.4, -0.2) is 42.9 Å². The van der Waals surface area contributed by atoms with Gasteiger partial charge in [0.05, 0.1) is 11.5 Å². The minimum absolute atomic E-state index is 0.163. The molecule has 0 saturated carbocycles. The van der Waals surface area contributed by atoms with Crippen LogP contribution in [0.4, 0.5) is 0 Å². The summed E-state index contributed by atoms with van der Waals surface area (Å²) in [5.41, 5.74) is 0.172. The quantitative estimate of drug-likeness (QED) is 0.763. The predicted molar refractivity (Wildman–Crippen MR) is 73.0 cm³/mol. The highest BCUT2D eigenvalue weighted by Crippen LogP contribution is 2.30. The molecule has 0 aliphatic carbocycles. The van der Waals surface area contributed by atoms with Crippen LogP contribution < -0.4 is 0 Å². The van der Waals surface area contributed by atoms with Gasteiger partial charge in [0.2, 0.25) is 0 Å². The van der Waals surface area contributed by atoms with Gasteiger partial charge in [-0.3, -0.25) is 4.90 Å². The molecule has 1 heterocycles. The van der Waals surface area contributed by atoms with Gasteiger partial charge in [0.1, 0.15) is 0 Å². The molecule has 1 aliphatic rings. The lowest BCUT2D eigenvalue weighted by molar-refractivity contribution is 0.0598. The van der Waals surface area contributed by atoms with Crippen LogP contribution in [0.3, 0.4) is 0 Å². The van der Waals surface area contributed by atoms with Crippen LogP contribution >= 0.6 is 0 Å². The Balaban J connectivity index is 2.76. The molecule has 0 amide bonds. The van der Waals surface area contributed by atoms with E-state index in [1.54, 1.807) is 0 Å². The molecular formula is C13H27NO2S. The van der Waals surface area contributed by atoms with Crippen LogP contribution in [0.5, 0.6) is 0 Å². The predicted octanol–water partition coefficient (Wildman–Crippen LogP) is 2.46. The second-order valence-electron chi connectivity index (χ2n) is 5.61. The van der Waals surface area contributed by atoms with Crippen molar-refractivity contribution < 1.29 is 8.42 Å². The zero-order valence-electron chi connectivity index (χ0n) is 11.7. The maximum Gasteiger partial charge on any atom is 0.153 e. The first-order valence-electron chi connectivity index (χ1n) is 6.82. The minimum Gasteiger partial charge on any atom is -0.293 e. The highest BCUT2D eigenvalue weighted by atomic mass is 32.2. The molecule has 0 spiro atoms. The van der Waals surface area contributed by atoms with Crippen LogP contribution in [0.2, 0.25) is 0 Å². The normalized spacial score (nSPS) is 28.8. The number of sulfone groups is 1. The van der Waals surface area contributed by atoms with Gasteiger partial charge in [0.15, 0.2) is 9.84 Å². The molecule has 0 N–H and O–H groups in total. The summed E-state index contributed by atoms with van der Waals surface area (Å²) < 4.78 is 23.2. The fourth-order valence-electron chi connectivity index (χ4n) is 2.88. The molecule has 0 radical (unpaired) electrons. The third-order valence-corrected chi connectivity index (χ3v) is 5.99. The molecule has 0 aromatic heterocycles. The zero-order chi connectivity index (χ0) is 13.1. The van der Waals surface area contributed by atoms with Crippen molar-refractivity contribution in [3.63, 3.8) is 0 Å². The SMILES string of the molecule is CCCCC(C)(CC)N1CCS(=O)(=O)CC1C. The van der Waals surface area contributed by atoms with Gasteiger partial charge in [-0.25, -0.2) is 8.42 Å². The maximum atomic E-state index is 11.6. The Labute approximate surface area is 106 Å². The number of rotatable bonds is 5. The molecule has 102 valence electrons. The second-order valence-corrected chi connectivity index (χ2v) is 7.84. The first-order chi connectivity index (χ1) is 7.84. The standard InChI is InChI=1S/C13H27NO2S/c1-5-7-8-13(4,6-2)14-9-10-17(15,16)11-12(14)3/h12H,5-11H2,1-4H3. The van der Waals surface area contributed by atoms with Crippen molar-refractivity contribution in [2.24, 2.45) is 0 Å². The second kappa shape index (κ2) is 5.70. The van der Waals surface area contributed by atoms with Gasteiger partial charge in [0, 0.05) is 18.1 Å². The van der Waals surface area contributed by atoms with E-state index in [4.69, 9.17) is 0 Å². The molecule has 0 aromatic carbocycles. The van der Waals surface area contributed by atoms with Crippen LogP contribution in [-0.2, 0) is 9.84 Å². The summed E-state index contributed by atoms with van der Waals surface area (Å²) >= 11 is 0. The summed E-state index contributed by atoms with van der Waals surface area (Å²) in [6.07, 6.45) is 4.69. The lowest BCUT2D eigenvalue weighted by Crippen LogP contribution is -2.57. The molecule has 0 bridgehead atoms. The Morgan fingerprint density at radius 3 is 2.47 bits per heavy atom. The average molecular weight is 261 g/mol. The van der Waals surface area contributed by atoms with E-state index >= 15 is 0 Å². The van der Waals surface area contributed by atoms with E-state index in [-0.39, 0.29) is 11.6 Å². The smallest absolute Gasteiger partial charge is 0.153 e. The van der Waals surface area contributed by atoms with Gasteiger partial charge in [-0.2, -0.15) is 0 Å². The van der Waals surface area contributed by atoms with E-state index in [1.165, 1.54) is 19.3 Å². The zero-order valence-corrected chi connectivity index (χ0v) is 12.5. The van der Waals surface area contributed by atoms with Gasteiger partial charge < -0.3 is 0 Å². The highest BCUT2D eigenvalue weighted by Gasteiger charge is 2.38. The molecule has 1 rings (SSSR count). The molecule has 1 aliphatic heterocycles. The topological polar surface area (TPSA) is 37.4 Å². The fourth-order valence-corrected chi connectivity index (χ4v) is 4.44. The molecule has 1 fully saturated rings. The van der Waals surface area contributed by atoms with Crippen molar-refractivity contribution in [1.82, 2.24) is 4.90 Å². The highest BCUT2D eigenvalue weighted by molar-refractivity contribution is 7.91. The lowest BCUT2D eigenvalue weighted by Gasteiger charge is -2.47. The van der Waals surface area contributed by atoms with Crippen molar-refractivity contribution in [2.75, 3.05) is 18.1 Å². The Hall–Kier alpha value is -0.0900. The fraction of sp³-hybridized carbons (Fsp3) is 1.00. The van der Waals surface area contributed by atoms with Gasteiger partial charge in [0.25, 0.3) is 0 Å². The van der Waals surface area contributed by atoms with E-state index in [2.05, 4.69) is 32.6 Å². The Kier molecular flexibility index (Phi) is 5.02. The van der Waals surface area contributed by atoms with Crippen molar-refractivity contribution in [3.05, 3.63) is 0 Å². The summed E-state index contributed by atoms with van der Waals surface area (Å²) in [6, 6.07) is 0.163. The molecule has 17 heavy (non-hydrogen) atoms.